The van der Waals surface area contributed by atoms with Gasteiger partial charge in [0.2, 0.25) is 5.91 Å². The van der Waals surface area contributed by atoms with Crippen LogP contribution in [0.1, 0.15) is 64.0 Å². The van der Waals surface area contributed by atoms with Gasteiger partial charge in [-0.2, -0.15) is 0 Å². The molecular weight excluding hydrogens is 328 g/mol. The van der Waals surface area contributed by atoms with Crippen molar-refractivity contribution < 1.29 is 9.59 Å². The number of urea groups is 1. The van der Waals surface area contributed by atoms with Crippen molar-refractivity contribution in [1.29, 1.82) is 0 Å². The third-order valence-electron chi connectivity index (χ3n) is 5.51. The van der Waals surface area contributed by atoms with E-state index in [0.29, 0.717) is 6.04 Å². The van der Waals surface area contributed by atoms with Crippen molar-refractivity contribution in [3.63, 3.8) is 0 Å². The molecule has 0 aromatic heterocycles. The van der Waals surface area contributed by atoms with E-state index in [1.165, 1.54) is 0 Å². The van der Waals surface area contributed by atoms with Crippen molar-refractivity contribution in [3.8, 4) is 0 Å². The Bertz CT molecular complexity index is 652. The van der Waals surface area contributed by atoms with Gasteiger partial charge in [0, 0.05) is 17.3 Å². The SMILES string of the molecule is CC(NC(=O)C1CCCCC1(C)N)c1ccc(NC(=O)NC2CC2)cc1. The average molecular weight is 358 g/mol. The van der Waals surface area contributed by atoms with Gasteiger partial charge in [0.15, 0.2) is 0 Å². The van der Waals surface area contributed by atoms with Crippen LogP contribution in [0.5, 0.6) is 0 Å². The Morgan fingerprint density at radius 2 is 1.85 bits per heavy atom. The monoisotopic (exact) mass is 358 g/mol. The van der Waals surface area contributed by atoms with Crippen LogP contribution in [0.25, 0.3) is 0 Å². The second kappa shape index (κ2) is 7.66. The summed E-state index contributed by atoms with van der Waals surface area (Å²) in [6, 6.07) is 7.64. The van der Waals surface area contributed by atoms with Gasteiger partial charge in [0.25, 0.3) is 0 Å². The van der Waals surface area contributed by atoms with Crippen LogP contribution in [-0.2, 0) is 4.79 Å². The van der Waals surface area contributed by atoms with Gasteiger partial charge in [-0.1, -0.05) is 25.0 Å². The van der Waals surface area contributed by atoms with Crippen LogP contribution >= 0.6 is 0 Å². The van der Waals surface area contributed by atoms with Crippen molar-refractivity contribution >= 4 is 17.6 Å². The standard InChI is InChI=1S/C20H30N4O2/c1-13(22-18(25)17-5-3-4-12-20(17,2)21)14-6-8-15(9-7-14)23-19(26)24-16-10-11-16/h6-9,13,16-17H,3-5,10-12,21H2,1-2H3,(H,22,25)(H2,23,24,26). The van der Waals surface area contributed by atoms with E-state index in [0.717, 1.165) is 49.8 Å². The summed E-state index contributed by atoms with van der Waals surface area (Å²) in [6.07, 6.45) is 6.02. The highest BCUT2D eigenvalue weighted by Gasteiger charge is 2.38. The van der Waals surface area contributed by atoms with Gasteiger partial charge in [0.05, 0.1) is 12.0 Å². The smallest absolute Gasteiger partial charge is 0.319 e. The van der Waals surface area contributed by atoms with Crippen LogP contribution in [0.4, 0.5) is 10.5 Å². The second-order valence-electron chi connectivity index (χ2n) is 8.03. The summed E-state index contributed by atoms with van der Waals surface area (Å²) in [4.78, 5) is 24.4. The highest BCUT2D eigenvalue weighted by Crippen LogP contribution is 2.32. The topological polar surface area (TPSA) is 96.2 Å². The number of carbonyl (C=O) groups is 2. The molecule has 1 aromatic carbocycles. The Hall–Kier alpha value is -2.08. The number of hydrogen-bond acceptors (Lipinski definition) is 3. The minimum Gasteiger partial charge on any atom is -0.349 e. The average Bonchev–Trinajstić information content (AvgIpc) is 3.38. The van der Waals surface area contributed by atoms with Crippen LogP contribution in [0, 0.1) is 5.92 Å². The lowest BCUT2D eigenvalue weighted by atomic mass is 9.74. The molecule has 2 saturated carbocycles. The van der Waals surface area contributed by atoms with Crippen LogP contribution in [0.2, 0.25) is 0 Å². The number of benzene rings is 1. The Labute approximate surface area is 155 Å². The minimum absolute atomic E-state index is 0.0354. The highest BCUT2D eigenvalue weighted by atomic mass is 16.2. The Morgan fingerprint density at radius 3 is 2.46 bits per heavy atom. The molecule has 0 aliphatic heterocycles. The van der Waals surface area contributed by atoms with Gasteiger partial charge in [-0.05, 0) is 57.2 Å². The molecule has 2 aliphatic carbocycles. The maximum absolute atomic E-state index is 12.7. The first kappa shape index (κ1) is 18.7. The Morgan fingerprint density at radius 1 is 1.15 bits per heavy atom. The van der Waals surface area contributed by atoms with Crippen molar-refractivity contribution in [3.05, 3.63) is 29.8 Å². The van der Waals surface area contributed by atoms with Crippen molar-refractivity contribution in [2.24, 2.45) is 11.7 Å². The zero-order valence-corrected chi connectivity index (χ0v) is 15.7. The third-order valence-corrected chi connectivity index (χ3v) is 5.51. The summed E-state index contributed by atoms with van der Waals surface area (Å²) in [5.74, 6) is -0.0982. The van der Waals surface area contributed by atoms with E-state index in [4.69, 9.17) is 5.73 Å². The van der Waals surface area contributed by atoms with E-state index in [9.17, 15) is 9.59 Å². The number of carbonyl (C=O) groups excluding carboxylic acids is 2. The van der Waals surface area contributed by atoms with Crippen molar-refractivity contribution in [2.75, 3.05) is 5.32 Å². The number of nitrogens with two attached hydrogens (primary N) is 1. The number of hydrogen-bond donors (Lipinski definition) is 4. The van der Waals surface area contributed by atoms with Gasteiger partial charge in [0.1, 0.15) is 0 Å². The van der Waals surface area contributed by atoms with E-state index in [1.54, 1.807) is 0 Å². The summed E-state index contributed by atoms with van der Waals surface area (Å²) in [7, 11) is 0. The van der Waals surface area contributed by atoms with E-state index < -0.39 is 5.54 Å². The van der Waals surface area contributed by atoms with Crippen LogP contribution < -0.4 is 21.7 Å². The summed E-state index contributed by atoms with van der Waals surface area (Å²) in [6.45, 7) is 3.95. The fourth-order valence-electron chi connectivity index (χ4n) is 3.62. The van der Waals surface area contributed by atoms with Crippen LogP contribution in [0.15, 0.2) is 24.3 Å². The Balaban J connectivity index is 1.54. The molecule has 0 radical (unpaired) electrons. The largest absolute Gasteiger partial charge is 0.349 e. The molecule has 1 aromatic rings. The number of amides is 3. The molecule has 0 bridgehead atoms. The number of nitrogens with one attached hydrogen (secondary N) is 3. The van der Waals surface area contributed by atoms with Crippen molar-refractivity contribution in [1.82, 2.24) is 10.6 Å². The van der Waals surface area contributed by atoms with Crippen LogP contribution in [0.3, 0.4) is 0 Å². The molecule has 3 atom stereocenters. The van der Waals surface area contributed by atoms with E-state index >= 15 is 0 Å². The molecule has 3 amide bonds. The summed E-state index contributed by atoms with van der Waals surface area (Å²) in [5, 5.41) is 8.82. The lowest BCUT2D eigenvalue weighted by Gasteiger charge is -2.37. The predicted molar refractivity (Wildman–Crippen MR) is 103 cm³/mol. The lowest BCUT2D eigenvalue weighted by Crippen LogP contribution is -2.53. The first-order valence-corrected chi connectivity index (χ1v) is 9.62. The van der Waals surface area contributed by atoms with E-state index in [2.05, 4.69) is 16.0 Å². The summed E-state index contributed by atoms with van der Waals surface area (Å²) < 4.78 is 0. The number of anilines is 1. The molecule has 26 heavy (non-hydrogen) atoms. The normalized spacial score (nSPS) is 26.7. The summed E-state index contributed by atoms with van der Waals surface area (Å²) >= 11 is 0. The van der Waals surface area contributed by atoms with Gasteiger partial charge in [-0.25, -0.2) is 4.79 Å². The first-order chi connectivity index (χ1) is 12.3. The first-order valence-electron chi connectivity index (χ1n) is 9.62. The molecule has 0 saturated heterocycles. The molecule has 142 valence electrons. The quantitative estimate of drug-likeness (QED) is 0.651. The fraction of sp³-hybridized carbons (Fsp3) is 0.600. The van der Waals surface area contributed by atoms with Crippen LogP contribution in [-0.4, -0.2) is 23.5 Å². The minimum atomic E-state index is -0.426. The Kier molecular flexibility index (Phi) is 5.51. The predicted octanol–water partition coefficient (Wildman–Crippen LogP) is 3.06. The van der Waals surface area contributed by atoms with Gasteiger partial charge in [-0.15, -0.1) is 0 Å². The fourth-order valence-corrected chi connectivity index (χ4v) is 3.62. The third kappa shape index (κ3) is 4.75. The molecule has 2 fully saturated rings. The molecule has 0 heterocycles. The maximum Gasteiger partial charge on any atom is 0.319 e. The van der Waals surface area contributed by atoms with Gasteiger partial charge < -0.3 is 21.7 Å². The highest BCUT2D eigenvalue weighted by molar-refractivity contribution is 5.89. The zero-order chi connectivity index (χ0) is 18.7. The lowest BCUT2D eigenvalue weighted by molar-refractivity contribution is -0.128. The van der Waals surface area contributed by atoms with Gasteiger partial charge in [-0.3, -0.25) is 4.79 Å². The molecule has 0 spiro atoms. The molecule has 2 aliphatic rings. The van der Waals surface area contributed by atoms with E-state index in [1.807, 2.05) is 38.1 Å². The second-order valence-corrected chi connectivity index (χ2v) is 8.03. The summed E-state index contributed by atoms with van der Waals surface area (Å²) in [5.41, 5.74) is 7.65. The molecular formula is C20H30N4O2. The molecule has 6 heteroatoms. The zero-order valence-electron chi connectivity index (χ0n) is 15.7. The molecule has 3 rings (SSSR count). The van der Waals surface area contributed by atoms with Crippen molar-refractivity contribution in [2.45, 2.75) is 70.0 Å². The van der Waals surface area contributed by atoms with Gasteiger partial charge >= 0.3 is 6.03 Å². The molecule has 5 N–H and O–H groups in total. The van der Waals surface area contributed by atoms with E-state index in [-0.39, 0.29) is 23.9 Å². The molecule has 3 unspecified atom stereocenters. The maximum atomic E-state index is 12.7. The molecule has 6 nitrogen and oxygen atoms in total. The number of rotatable bonds is 5.